The zero-order valence-electron chi connectivity index (χ0n) is 13.6. The second-order valence-corrected chi connectivity index (χ2v) is 6.69. The van der Waals surface area contributed by atoms with Gasteiger partial charge in [0.15, 0.2) is 0 Å². The van der Waals surface area contributed by atoms with Gasteiger partial charge in [0, 0.05) is 30.2 Å². The molecule has 1 fully saturated rings. The lowest BCUT2D eigenvalue weighted by atomic mass is 10.1. The highest BCUT2D eigenvalue weighted by molar-refractivity contribution is 6.31. The number of hydrogen-bond donors (Lipinski definition) is 0. The maximum Gasteiger partial charge on any atom is 0.249 e. The van der Waals surface area contributed by atoms with Crippen LogP contribution in [0.4, 0.5) is 5.69 Å². The van der Waals surface area contributed by atoms with Gasteiger partial charge in [-0.05, 0) is 37.5 Å². The molecule has 0 bridgehead atoms. The van der Waals surface area contributed by atoms with Crippen LogP contribution in [0, 0.1) is 12.8 Å². The number of anilines is 1. The second-order valence-electron chi connectivity index (χ2n) is 6.28. The molecule has 120 valence electrons. The third kappa shape index (κ3) is 3.43. The van der Waals surface area contributed by atoms with Gasteiger partial charge in [-0.15, -0.1) is 0 Å². The number of amides is 2. The van der Waals surface area contributed by atoms with E-state index in [1.54, 1.807) is 16.7 Å². The smallest absolute Gasteiger partial charge is 0.249 e. The maximum atomic E-state index is 12.6. The topological polar surface area (TPSA) is 40.6 Å². The van der Waals surface area contributed by atoms with Crippen LogP contribution in [0.15, 0.2) is 18.2 Å². The van der Waals surface area contributed by atoms with Crippen LogP contribution in [0.3, 0.4) is 0 Å². The van der Waals surface area contributed by atoms with Gasteiger partial charge in [0.2, 0.25) is 11.8 Å². The van der Waals surface area contributed by atoms with E-state index in [1.165, 1.54) is 0 Å². The van der Waals surface area contributed by atoms with Crippen molar-refractivity contribution in [2.24, 2.45) is 5.92 Å². The Hall–Kier alpha value is -1.55. The Labute approximate surface area is 137 Å². The van der Waals surface area contributed by atoms with E-state index in [0.29, 0.717) is 30.5 Å². The summed E-state index contributed by atoms with van der Waals surface area (Å²) in [5, 5.41) is 0.649. The molecule has 22 heavy (non-hydrogen) atoms. The number of rotatable bonds is 3. The Balaban J connectivity index is 2.15. The van der Waals surface area contributed by atoms with Crippen LogP contribution >= 0.6 is 11.6 Å². The van der Waals surface area contributed by atoms with E-state index in [4.69, 9.17) is 11.6 Å². The monoisotopic (exact) mass is 322 g/mol. The van der Waals surface area contributed by atoms with Gasteiger partial charge in [-0.25, -0.2) is 0 Å². The molecule has 0 spiro atoms. The van der Waals surface area contributed by atoms with E-state index < -0.39 is 6.04 Å². The van der Waals surface area contributed by atoms with Crippen molar-refractivity contribution in [3.8, 4) is 0 Å². The highest BCUT2D eigenvalue weighted by Crippen LogP contribution is 2.26. The summed E-state index contributed by atoms with van der Waals surface area (Å²) in [6.07, 6.45) is 0.480. The molecule has 1 unspecified atom stereocenters. The number of aryl methyl sites for hydroxylation is 1. The van der Waals surface area contributed by atoms with E-state index in [1.807, 2.05) is 39.0 Å². The SMILES string of the molecule is Cc1ccc(N2CCN(C(=O)CC(C)C)C(C)C2=O)cc1Cl. The molecule has 2 rings (SSSR count). The Bertz CT molecular complexity index is 586. The van der Waals surface area contributed by atoms with E-state index >= 15 is 0 Å². The zero-order chi connectivity index (χ0) is 16.4. The van der Waals surface area contributed by atoms with Gasteiger partial charge in [0.25, 0.3) is 0 Å². The standard InChI is InChI=1S/C17H23ClN2O2/c1-11(2)9-16(21)19-7-8-20(17(22)13(19)4)14-6-5-12(3)15(18)10-14/h5-6,10-11,13H,7-9H2,1-4H3. The molecule has 0 N–H and O–H groups in total. The third-order valence-corrected chi connectivity index (χ3v) is 4.43. The van der Waals surface area contributed by atoms with Crippen LogP contribution in [0.25, 0.3) is 0 Å². The molecular weight excluding hydrogens is 300 g/mol. The average Bonchev–Trinajstić information content (AvgIpc) is 2.44. The van der Waals surface area contributed by atoms with Crippen LogP contribution < -0.4 is 4.90 Å². The summed E-state index contributed by atoms with van der Waals surface area (Å²) in [6.45, 7) is 8.81. The second kappa shape index (κ2) is 6.69. The normalized spacial score (nSPS) is 19.0. The number of halogens is 1. The molecule has 4 nitrogen and oxygen atoms in total. The van der Waals surface area contributed by atoms with Crippen LogP contribution in [0.2, 0.25) is 5.02 Å². The first-order valence-corrected chi connectivity index (χ1v) is 8.06. The predicted molar refractivity (Wildman–Crippen MR) is 89.2 cm³/mol. The van der Waals surface area contributed by atoms with Crippen molar-refractivity contribution < 1.29 is 9.59 Å². The van der Waals surface area contributed by atoms with Crippen LogP contribution in [0.1, 0.15) is 32.8 Å². The molecule has 0 radical (unpaired) electrons. The molecule has 0 saturated carbocycles. The number of carbonyl (C=O) groups excluding carboxylic acids is 2. The summed E-state index contributed by atoms with van der Waals surface area (Å²) in [5.41, 5.74) is 1.78. The Kier molecular flexibility index (Phi) is 5.12. The summed E-state index contributed by atoms with van der Waals surface area (Å²) in [6, 6.07) is 5.19. The first kappa shape index (κ1) is 16.8. The van der Waals surface area contributed by atoms with Crippen LogP contribution in [-0.2, 0) is 9.59 Å². The molecule has 0 aromatic heterocycles. The van der Waals surface area contributed by atoms with Crippen molar-refractivity contribution in [1.29, 1.82) is 0 Å². The van der Waals surface area contributed by atoms with Gasteiger partial charge in [-0.1, -0.05) is 31.5 Å². The first-order chi connectivity index (χ1) is 10.3. The van der Waals surface area contributed by atoms with Gasteiger partial charge >= 0.3 is 0 Å². The highest BCUT2D eigenvalue weighted by atomic mass is 35.5. The quantitative estimate of drug-likeness (QED) is 0.857. The number of nitrogens with zero attached hydrogens (tertiary/aromatic N) is 2. The van der Waals surface area contributed by atoms with Crippen molar-refractivity contribution in [1.82, 2.24) is 4.90 Å². The number of benzene rings is 1. The third-order valence-electron chi connectivity index (χ3n) is 4.03. The van der Waals surface area contributed by atoms with Crippen LogP contribution in [0.5, 0.6) is 0 Å². The van der Waals surface area contributed by atoms with Crippen molar-refractivity contribution in [2.75, 3.05) is 18.0 Å². The summed E-state index contributed by atoms with van der Waals surface area (Å²) < 4.78 is 0. The number of hydrogen-bond acceptors (Lipinski definition) is 2. The number of carbonyl (C=O) groups is 2. The van der Waals surface area contributed by atoms with E-state index in [-0.39, 0.29) is 11.8 Å². The zero-order valence-corrected chi connectivity index (χ0v) is 14.4. The van der Waals surface area contributed by atoms with Crippen molar-refractivity contribution in [3.63, 3.8) is 0 Å². The van der Waals surface area contributed by atoms with Crippen molar-refractivity contribution >= 4 is 29.1 Å². The van der Waals surface area contributed by atoms with Gasteiger partial charge in [-0.2, -0.15) is 0 Å². The Morgan fingerprint density at radius 1 is 1.36 bits per heavy atom. The summed E-state index contributed by atoms with van der Waals surface area (Å²) in [7, 11) is 0. The number of piperazine rings is 1. The molecule has 2 amide bonds. The lowest BCUT2D eigenvalue weighted by Gasteiger charge is -2.39. The lowest BCUT2D eigenvalue weighted by molar-refractivity contribution is -0.141. The molecule has 1 atom stereocenters. The van der Waals surface area contributed by atoms with E-state index in [0.717, 1.165) is 11.3 Å². The minimum atomic E-state index is -0.430. The molecule has 1 saturated heterocycles. The fourth-order valence-electron chi connectivity index (χ4n) is 2.68. The molecule has 0 aliphatic carbocycles. The predicted octanol–water partition coefficient (Wildman–Crippen LogP) is 3.26. The molecular formula is C17H23ClN2O2. The minimum absolute atomic E-state index is 0.0525. The summed E-state index contributed by atoms with van der Waals surface area (Å²) in [4.78, 5) is 28.3. The summed E-state index contributed by atoms with van der Waals surface area (Å²) in [5.74, 6) is 0.296. The Morgan fingerprint density at radius 3 is 2.64 bits per heavy atom. The fraction of sp³-hybridized carbons (Fsp3) is 0.529. The first-order valence-electron chi connectivity index (χ1n) is 7.68. The molecule has 1 aromatic carbocycles. The fourth-order valence-corrected chi connectivity index (χ4v) is 2.86. The average molecular weight is 323 g/mol. The molecule has 5 heteroatoms. The molecule has 1 heterocycles. The van der Waals surface area contributed by atoms with Gasteiger partial charge in [0.1, 0.15) is 6.04 Å². The highest BCUT2D eigenvalue weighted by Gasteiger charge is 2.34. The van der Waals surface area contributed by atoms with Crippen molar-refractivity contribution in [3.05, 3.63) is 28.8 Å². The minimum Gasteiger partial charge on any atom is -0.329 e. The lowest BCUT2D eigenvalue weighted by Crippen LogP contribution is -2.57. The summed E-state index contributed by atoms with van der Waals surface area (Å²) >= 11 is 6.15. The molecule has 1 aromatic rings. The van der Waals surface area contributed by atoms with Crippen LogP contribution in [-0.4, -0.2) is 35.8 Å². The molecule has 1 aliphatic heterocycles. The van der Waals surface area contributed by atoms with Gasteiger partial charge in [-0.3, -0.25) is 9.59 Å². The Morgan fingerprint density at radius 2 is 2.05 bits per heavy atom. The largest absolute Gasteiger partial charge is 0.329 e. The van der Waals surface area contributed by atoms with E-state index in [2.05, 4.69) is 0 Å². The maximum absolute atomic E-state index is 12.6. The van der Waals surface area contributed by atoms with Gasteiger partial charge in [0.05, 0.1) is 0 Å². The van der Waals surface area contributed by atoms with Gasteiger partial charge < -0.3 is 9.80 Å². The van der Waals surface area contributed by atoms with Crippen molar-refractivity contribution in [2.45, 2.75) is 40.2 Å². The van der Waals surface area contributed by atoms with E-state index in [9.17, 15) is 9.59 Å². The molecule has 1 aliphatic rings.